The lowest BCUT2D eigenvalue weighted by Gasteiger charge is -2.39. The summed E-state index contributed by atoms with van der Waals surface area (Å²) in [6, 6.07) is 8.36. The molecule has 6 heteroatoms. The summed E-state index contributed by atoms with van der Waals surface area (Å²) in [5.41, 5.74) is 11.3. The van der Waals surface area contributed by atoms with Gasteiger partial charge in [0.2, 0.25) is 0 Å². The Labute approximate surface area is 189 Å². The molecule has 164 valence electrons. The van der Waals surface area contributed by atoms with Crippen LogP contribution in [0.15, 0.2) is 40.7 Å². The number of hydrogen-bond acceptors (Lipinski definition) is 6. The maximum Gasteiger partial charge on any atom is 0.191 e. The molecule has 1 atom stereocenters. The number of ketones is 1. The predicted molar refractivity (Wildman–Crippen MR) is 128 cm³/mol. The second-order valence-electron chi connectivity index (χ2n) is 9.99. The van der Waals surface area contributed by atoms with E-state index in [-0.39, 0.29) is 17.1 Å². The SMILES string of the molecule is Cc1ccc([C@H]2C3=C(CC(C)(C)CC3=O)Nc3nc(SCCC(C)C)nc(N)c32)cc1. The van der Waals surface area contributed by atoms with Crippen LogP contribution >= 0.6 is 11.8 Å². The third kappa shape index (κ3) is 4.49. The highest BCUT2D eigenvalue weighted by Crippen LogP contribution is 2.50. The highest BCUT2D eigenvalue weighted by atomic mass is 32.2. The van der Waals surface area contributed by atoms with E-state index >= 15 is 0 Å². The molecule has 0 radical (unpaired) electrons. The van der Waals surface area contributed by atoms with Crippen molar-refractivity contribution in [3.8, 4) is 0 Å². The van der Waals surface area contributed by atoms with E-state index in [1.807, 2.05) is 0 Å². The number of benzene rings is 1. The standard InChI is InChI=1S/C25H32N4OS/c1-14(2)10-11-31-24-28-22(26)21-19(16-8-6-15(3)7-9-16)20-17(27-23(21)29-24)12-25(4,5)13-18(20)30/h6-9,14,19H,10-13H2,1-5H3,(H3,26,27,28,29)/t19-/m0/s1. The number of anilines is 2. The zero-order valence-electron chi connectivity index (χ0n) is 19.1. The van der Waals surface area contributed by atoms with Gasteiger partial charge in [-0.3, -0.25) is 4.79 Å². The predicted octanol–water partition coefficient (Wildman–Crippen LogP) is 5.71. The van der Waals surface area contributed by atoms with E-state index in [9.17, 15) is 4.79 Å². The molecule has 31 heavy (non-hydrogen) atoms. The van der Waals surface area contributed by atoms with Crippen LogP contribution in [0.1, 0.15) is 69.6 Å². The number of nitrogens with zero attached hydrogens (tertiary/aromatic N) is 2. The lowest BCUT2D eigenvalue weighted by Crippen LogP contribution is -2.34. The van der Waals surface area contributed by atoms with Gasteiger partial charge in [0.05, 0.1) is 0 Å². The van der Waals surface area contributed by atoms with Gasteiger partial charge < -0.3 is 11.1 Å². The Balaban J connectivity index is 1.81. The van der Waals surface area contributed by atoms with Gasteiger partial charge >= 0.3 is 0 Å². The van der Waals surface area contributed by atoms with Crippen LogP contribution in [0.4, 0.5) is 11.6 Å². The first-order chi connectivity index (χ1) is 14.6. The van der Waals surface area contributed by atoms with Gasteiger partial charge in [-0.15, -0.1) is 0 Å². The van der Waals surface area contributed by atoms with Crippen molar-refractivity contribution >= 4 is 29.2 Å². The van der Waals surface area contributed by atoms with Crippen LogP contribution < -0.4 is 11.1 Å². The van der Waals surface area contributed by atoms with Crippen LogP contribution in [-0.2, 0) is 4.79 Å². The molecule has 0 spiro atoms. The molecule has 2 aromatic rings. The van der Waals surface area contributed by atoms with E-state index in [1.165, 1.54) is 5.56 Å². The number of nitrogen functional groups attached to an aromatic ring is 1. The molecule has 1 aliphatic heterocycles. The summed E-state index contributed by atoms with van der Waals surface area (Å²) < 4.78 is 0. The summed E-state index contributed by atoms with van der Waals surface area (Å²) in [4.78, 5) is 22.8. The Kier molecular flexibility index (Phi) is 5.86. The molecular weight excluding hydrogens is 404 g/mol. The fraction of sp³-hybridized carbons (Fsp3) is 0.480. The average molecular weight is 437 g/mol. The van der Waals surface area contributed by atoms with Crippen LogP contribution in [0.2, 0.25) is 0 Å². The molecule has 1 aliphatic carbocycles. The smallest absolute Gasteiger partial charge is 0.191 e. The molecule has 0 fully saturated rings. The van der Waals surface area contributed by atoms with Gasteiger partial charge in [0.25, 0.3) is 0 Å². The lowest BCUT2D eigenvalue weighted by atomic mass is 9.69. The van der Waals surface area contributed by atoms with Crippen LogP contribution in [0.5, 0.6) is 0 Å². The number of nitrogens with two attached hydrogens (primary N) is 1. The van der Waals surface area contributed by atoms with Crippen molar-refractivity contribution in [3.05, 3.63) is 52.2 Å². The Morgan fingerprint density at radius 1 is 1.19 bits per heavy atom. The molecule has 2 aliphatic rings. The molecule has 4 rings (SSSR count). The second-order valence-corrected chi connectivity index (χ2v) is 11.0. The van der Waals surface area contributed by atoms with Crippen molar-refractivity contribution in [1.82, 2.24) is 9.97 Å². The van der Waals surface area contributed by atoms with Crippen molar-refractivity contribution in [2.45, 2.75) is 65.0 Å². The fourth-order valence-corrected chi connectivity index (χ4v) is 5.55. The van der Waals surface area contributed by atoms with Crippen LogP contribution in [-0.4, -0.2) is 21.5 Å². The molecule has 1 aromatic heterocycles. The monoisotopic (exact) mass is 436 g/mol. The zero-order valence-corrected chi connectivity index (χ0v) is 19.9. The maximum atomic E-state index is 13.3. The fourth-order valence-electron chi connectivity index (χ4n) is 4.46. The number of rotatable bonds is 5. The second kappa shape index (κ2) is 8.30. The summed E-state index contributed by atoms with van der Waals surface area (Å²) >= 11 is 1.64. The summed E-state index contributed by atoms with van der Waals surface area (Å²) in [6.45, 7) is 10.8. The van der Waals surface area contributed by atoms with Crippen molar-refractivity contribution in [3.63, 3.8) is 0 Å². The van der Waals surface area contributed by atoms with Gasteiger partial charge in [0, 0.05) is 34.9 Å². The van der Waals surface area contributed by atoms with Crippen LogP contribution in [0.3, 0.4) is 0 Å². The number of allylic oxidation sites excluding steroid dienone is 2. The highest BCUT2D eigenvalue weighted by Gasteiger charge is 2.42. The number of thioether (sulfide) groups is 1. The van der Waals surface area contributed by atoms with E-state index in [0.29, 0.717) is 23.3 Å². The average Bonchev–Trinajstić information content (AvgIpc) is 2.65. The van der Waals surface area contributed by atoms with E-state index in [0.717, 1.165) is 46.8 Å². The van der Waals surface area contributed by atoms with E-state index in [4.69, 9.17) is 10.7 Å². The molecule has 0 saturated heterocycles. The number of hydrogen-bond donors (Lipinski definition) is 2. The third-order valence-electron chi connectivity index (χ3n) is 6.06. The van der Waals surface area contributed by atoms with Gasteiger partial charge in [-0.1, -0.05) is 69.3 Å². The van der Waals surface area contributed by atoms with Crippen molar-refractivity contribution in [2.75, 3.05) is 16.8 Å². The lowest BCUT2D eigenvalue weighted by molar-refractivity contribution is -0.118. The molecule has 2 heterocycles. The van der Waals surface area contributed by atoms with Gasteiger partial charge in [-0.25, -0.2) is 9.97 Å². The van der Waals surface area contributed by atoms with Crippen molar-refractivity contribution < 1.29 is 4.79 Å². The largest absolute Gasteiger partial charge is 0.383 e. The minimum absolute atomic E-state index is 0.0777. The molecule has 0 saturated carbocycles. The topological polar surface area (TPSA) is 80.9 Å². The molecule has 0 unspecified atom stereocenters. The summed E-state index contributed by atoms with van der Waals surface area (Å²) in [5.74, 6) is 2.75. The number of nitrogens with one attached hydrogen (secondary N) is 1. The Morgan fingerprint density at radius 2 is 1.90 bits per heavy atom. The maximum absolute atomic E-state index is 13.3. The van der Waals surface area contributed by atoms with Gasteiger partial charge in [-0.2, -0.15) is 0 Å². The minimum Gasteiger partial charge on any atom is -0.383 e. The number of aryl methyl sites for hydroxylation is 1. The number of aromatic nitrogens is 2. The van der Waals surface area contributed by atoms with E-state index in [2.05, 4.69) is 69.2 Å². The molecule has 5 nitrogen and oxygen atoms in total. The molecule has 3 N–H and O–H groups in total. The van der Waals surface area contributed by atoms with Crippen LogP contribution in [0, 0.1) is 18.3 Å². The van der Waals surface area contributed by atoms with Crippen molar-refractivity contribution in [2.24, 2.45) is 11.3 Å². The molecule has 1 aromatic carbocycles. The zero-order chi connectivity index (χ0) is 22.3. The van der Waals surface area contributed by atoms with E-state index < -0.39 is 0 Å². The van der Waals surface area contributed by atoms with Crippen molar-refractivity contribution in [1.29, 1.82) is 0 Å². The summed E-state index contributed by atoms with van der Waals surface area (Å²) in [5, 5.41) is 4.18. The molecule has 0 bridgehead atoms. The Bertz CT molecular complexity index is 1040. The number of fused-ring (bicyclic) bond motifs is 1. The van der Waals surface area contributed by atoms with Gasteiger partial charge in [0.1, 0.15) is 11.6 Å². The van der Waals surface area contributed by atoms with Gasteiger partial charge in [0.15, 0.2) is 10.9 Å². The van der Waals surface area contributed by atoms with Gasteiger partial charge in [-0.05, 0) is 36.7 Å². The molecular formula is C25H32N4OS. The third-order valence-corrected chi connectivity index (χ3v) is 6.94. The molecule has 0 amide bonds. The minimum atomic E-state index is -0.231. The normalized spacial score (nSPS) is 19.8. The number of carbonyl (C=O) groups excluding carboxylic acids is 1. The van der Waals surface area contributed by atoms with E-state index in [1.54, 1.807) is 11.8 Å². The van der Waals surface area contributed by atoms with Crippen LogP contribution in [0.25, 0.3) is 0 Å². The first kappa shape index (κ1) is 21.9. The summed E-state index contributed by atoms with van der Waals surface area (Å²) in [6.07, 6.45) is 2.45. The quantitative estimate of drug-likeness (QED) is 0.462. The Morgan fingerprint density at radius 3 is 2.58 bits per heavy atom. The summed E-state index contributed by atoms with van der Waals surface area (Å²) in [7, 11) is 0. The number of carbonyl (C=O) groups is 1. The number of Topliss-reactive ketones (excluding diaryl/α,β-unsaturated/α-hetero) is 1. The first-order valence-corrected chi connectivity index (χ1v) is 12.0. The first-order valence-electron chi connectivity index (χ1n) is 11.0. The highest BCUT2D eigenvalue weighted by molar-refractivity contribution is 7.99. The Hall–Kier alpha value is -2.34.